The van der Waals surface area contributed by atoms with Gasteiger partial charge in [-0.2, -0.15) is 0 Å². The topological polar surface area (TPSA) is 39.2 Å². The maximum absolute atomic E-state index is 14.3. The van der Waals surface area contributed by atoms with Crippen LogP contribution in [0.1, 0.15) is 17.3 Å². The fourth-order valence-electron chi connectivity index (χ4n) is 2.07. The third-order valence-electron chi connectivity index (χ3n) is 3.12. The van der Waals surface area contributed by atoms with Crippen molar-refractivity contribution < 1.29 is 13.9 Å². The number of ether oxygens (including phenoxy) is 1. The maximum Gasteiger partial charge on any atom is 0.215 e. The average molecular weight is 347 g/mol. The Morgan fingerprint density at radius 3 is 2.83 bits per heavy atom. The van der Waals surface area contributed by atoms with Crippen molar-refractivity contribution in [3.05, 3.63) is 54.1 Å². The predicted molar refractivity (Wildman–Crippen MR) is 92.3 cm³/mol. The zero-order chi connectivity index (χ0) is 16.2. The van der Waals surface area contributed by atoms with Crippen LogP contribution in [0, 0.1) is 0 Å². The molecule has 0 radical (unpaired) electrons. The van der Waals surface area contributed by atoms with E-state index >= 15 is 0 Å². The van der Waals surface area contributed by atoms with E-state index in [0.717, 1.165) is 27.7 Å². The molecule has 0 aliphatic carbocycles. The summed E-state index contributed by atoms with van der Waals surface area (Å²) in [5, 5.41) is 0. The minimum atomic E-state index is -1.66. The van der Waals surface area contributed by atoms with Crippen LogP contribution in [-0.2, 0) is 0 Å². The highest BCUT2D eigenvalue weighted by Crippen LogP contribution is 2.35. The van der Waals surface area contributed by atoms with E-state index in [4.69, 9.17) is 4.74 Å². The van der Waals surface area contributed by atoms with Crippen LogP contribution in [0.4, 0.5) is 4.39 Å². The number of alkyl halides is 1. The SMILES string of the molecule is CCOc1ccc2nc(SC(F)C(=O)c3ccccc3)sc2c1. The molecule has 0 fully saturated rings. The van der Waals surface area contributed by atoms with Crippen LogP contribution in [0.3, 0.4) is 0 Å². The lowest BCUT2D eigenvalue weighted by Crippen LogP contribution is -2.11. The summed E-state index contributed by atoms with van der Waals surface area (Å²) >= 11 is 2.20. The molecule has 1 heterocycles. The van der Waals surface area contributed by atoms with Crippen LogP contribution in [0.2, 0.25) is 0 Å². The van der Waals surface area contributed by atoms with Crippen molar-refractivity contribution >= 4 is 39.1 Å². The molecule has 1 aromatic heterocycles. The Labute approximate surface area is 141 Å². The van der Waals surface area contributed by atoms with Crippen molar-refractivity contribution in [2.24, 2.45) is 0 Å². The summed E-state index contributed by atoms with van der Waals surface area (Å²) in [6.07, 6.45) is 0. The van der Waals surface area contributed by atoms with Crippen molar-refractivity contribution in [2.75, 3.05) is 6.61 Å². The fraction of sp³-hybridized carbons (Fsp3) is 0.176. The number of fused-ring (bicyclic) bond motifs is 1. The number of thiazole rings is 1. The summed E-state index contributed by atoms with van der Waals surface area (Å²) in [7, 11) is 0. The van der Waals surface area contributed by atoms with E-state index < -0.39 is 11.3 Å². The number of aromatic nitrogens is 1. The molecular formula is C17H14FNO2S2. The van der Waals surface area contributed by atoms with Crippen LogP contribution in [0.15, 0.2) is 52.9 Å². The van der Waals surface area contributed by atoms with Gasteiger partial charge in [0.15, 0.2) is 4.34 Å². The molecule has 23 heavy (non-hydrogen) atoms. The molecule has 0 saturated carbocycles. The number of Topliss-reactive ketones (excluding diaryl/α,β-unsaturated/α-hetero) is 1. The van der Waals surface area contributed by atoms with Crippen molar-refractivity contribution in [1.82, 2.24) is 4.98 Å². The van der Waals surface area contributed by atoms with Crippen molar-refractivity contribution in [3.8, 4) is 5.75 Å². The van der Waals surface area contributed by atoms with E-state index in [9.17, 15) is 9.18 Å². The first kappa shape index (κ1) is 16.0. The standard InChI is InChI=1S/C17H14FNO2S2/c1-2-21-12-8-9-13-14(10-12)22-17(19-13)23-16(18)15(20)11-6-4-3-5-7-11/h3-10,16H,2H2,1H3. The molecular weight excluding hydrogens is 333 g/mol. The van der Waals surface area contributed by atoms with Crippen molar-refractivity contribution in [3.63, 3.8) is 0 Å². The lowest BCUT2D eigenvalue weighted by atomic mass is 10.1. The van der Waals surface area contributed by atoms with Crippen LogP contribution >= 0.6 is 23.1 Å². The lowest BCUT2D eigenvalue weighted by Gasteiger charge is -2.04. The number of hydrogen-bond acceptors (Lipinski definition) is 5. The zero-order valence-electron chi connectivity index (χ0n) is 12.4. The van der Waals surface area contributed by atoms with Crippen molar-refractivity contribution in [1.29, 1.82) is 0 Å². The maximum atomic E-state index is 14.3. The second-order valence-electron chi connectivity index (χ2n) is 4.71. The number of hydrogen-bond donors (Lipinski definition) is 0. The first-order valence-electron chi connectivity index (χ1n) is 7.10. The van der Waals surface area contributed by atoms with Gasteiger partial charge in [0.2, 0.25) is 11.3 Å². The van der Waals surface area contributed by atoms with Gasteiger partial charge in [-0.05, 0) is 36.9 Å². The molecule has 1 atom stereocenters. The van der Waals surface area contributed by atoms with Crippen molar-refractivity contribution in [2.45, 2.75) is 16.8 Å². The van der Waals surface area contributed by atoms with Gasteiger partial charge >= 0.3 is 0 Å². The Morgan fingerprint density at radius 1 is 1.30 bits per heavy atom. The Bertz CT molecular complexity index is 820. The van der Waals surface area contributed by atoms with Gasteiger partial charge in [0, 0.05) is 5.56 Å². The minimum absolute atomic E-state index is 0.368. The van der Waals surface area contributed by atoms with Crippen LogP contribution < -0.4 is 4.74 Å². The van der Waals surface area contributed by atoms with Gasteiger partial charge in [-0.15, -0.1) is 11.3 Å². The molecule has 0 amide bonds. The third kappa shape index (κ3) is 3.71. The number of halogens is 1. The molecule has 3 rings (SSSR count). The Balaban J connectivity index is 1.77. The number of carbonyl (C=O) groups excluding carboxylic acids is 1. The van der Waals surface area contributed by atoms with Gasteiger partial charge in [0.1, 0.15) is 5.75 Å². The van der Waals surface area contributed by atoms with E-state index in [0.29, 0.717) is 16.5 Å². The molecule has 0 spiro atoms. The van der Waals surface area contributed by atoms with Gasteiger partial charge in [0.25, 0.3) is 0 Å². The second kappa shape index (κ2) is 7.10. The summed E-state index contributed by atoms with van der Waals surface area (Å²) in [4.78, 5) is 16.4. The highest BCUT2D eigenvalue weighted by Gasteiger charge is 2.22. The first-order chi connectivity index (χ1) is 11.2. The highest BCUT2D eigenvalue weighted by molar-refractivity contribution is 8.02. The van der Waals surface area contributed by atoms with Gasteiger partial charge < -0.3 is 4.74 Å². The lowest BCUT2D eigenvalue weighted by molar-refractivity contribution is 0.0939. The van der Waals surface area contributed by atoms with Gasteiger partial charge in [-0.1, -0.05) is 30.3 Å². The average Bonchev–Trinajstić information content (AvgIpc) is 2.96. The molecule has 0 N–H and O–H groups in total. The summed E-state index contributed by atoms with van der Waals surface area (Å²) in [6.45, 7) is 2.51. The highest BCUT2D eigenvalue weighted by atomic mass is 32.2. The summed E-state index contributed by atoms with van der Waals surface area (Å²) < 4.78 is 21.1. The van der Waals surface area contributed by atoms with E-state index in [1.807, 2.05) is 25.1 Å². The monoisotopic (exact) mass is 347 g/mol. The van der Waals surface area contributed by atoms with Crippen LogP contribution in [-0.4, -0.2) is 22.9 Å². The molecule has 3 nitrogen and oxygen atoms in total. The van der Waals surface area contributed by atoms with E-state index in [1.165, 1.54) is 11.3 Å². The Hall–Kier alpha value is -1.92. The number of rotatable bonds is 6. The molecule has 3 aromatic rings. The molecule has 0 aliphatic heterocycles. The number of carbonyl (C=O) groups is 1. The molecule has 6 heteroatoms. The van der Waals surface area contributed by atoms with Gasteiger partial charge in [-0.25, -0.2) is 9.37 Å². The third-order valence-corrected chi connectivity index (χ3v) is 5.19. The normalized spacial score (nSPS) is 12.3. The zero-order valence-corrected chi connectivity index (χ0v) is 14.0. The summed E-state index contributed by atoms with van der Waals surface area (Å²) in [5.41, 5.74) is -0.517. The molecule has 118 valence electrons. The van der Waals surface area contributed by atoms with E-state index in [2.05, 4.69) is 4.98 Å². The molecule has 0 saturated heterocycles. The molecule has 0 bridgehead atoms. The molecule has 2 aromatic carbocycles. The van der Waals surface area contributed by atoms with Gasteiger partial charge in [-0.3, -0.25) is 4.79 Å². The largest absolute Gasteiger partial charge is 0.494 e. The van der Waals surface area contributed by atoms with Crippen LogP contribution in [0.25, 0.3) is 10.2 Å². The van der Waals surface area contributed by atoms with E-state index in [-0.39, 0.29) is 0 Å². The summed E-state index contributed by atoms with van der Waals surface area (Å²) in [6, 6.07) is 14.0. The number of nitrogens with zero attached hydrogens (tertiary/aromatic N) is 1. The van der Waals surface area contributed by atoms with Gasteiger partial charge in [0.05, 0.1) is 16.8 Å². The van der Waals surface area contributed by atoms with Crippen LogP contribution in [0.5, 0.6) is 5.75 Å². The second-order valence-corrected chi connectivity index (χ2v) is 7.03. The predicted octanol–water partition coefficient (Wildman–Crippen LogP) is 4.97. The number of benzene rings is 2. The quantitative estimate of drug-likeness (QED) is 0.466. The molecule has 0 aliphatic rings. The summed E-state index contributed by atoms with van der Waals surface area (Å²) in [5.74, 6) is 0.224. The Morgan fingerprint density at radius 2 is 2.09 bits per heavy atom. The number of ketones is 1. The number of thioether (sulfide) groups is 1. The first-order valence-corrected chi connectivity index (χ1v) is 8.80. The molecule has 1 unspecified atom stereocenters. The van der Waals surface area contributed by atoms with E-state index in [1.54, 1.807) is 30.3 Å². The Kier molecular flexibility index (Phi) is 4.93. The minimum Gasteiger partial charge on any atom is -0.494 e. The fourth-order valence-corrected chi connectivity index (χ4v) is 4.08. The smallest absolute Gasteiger partial charge is 0.215 e.